The minimum atomic E-state index is -3.45. The van der Waals surface area contributed by atoms with Gasteiger partial charge in [-0.1, -0.05) is 0 Å². The van der Waals surface area contributed by atoms with Crippen LogP contribution in [0.4, 0.5) is 18.9 Å². The molecule has 32 heavy (non-hydrogen) atoms. The Morgan fingerprint density at radius 1 is 1.25 bits per heavy atom. The van der Waals surface area contributed by atoms with E-state index >= 15 is 0 Å². The van der Waals surface area contributed by atoms with Crippen molar-refractivity contribution in [2.75, 3.05) is 31.3 Å². The predicted octanol–water partition coefficient (Wildman–Crippen LogP) is 0.959. The molecule has 0 bridgehead atoms. The minimum absolute atomic E-state index is 0.00450. The lowest BCUT2D eigenvalue weighted by atomic mass is 10.1. The molecule has 0 spiro atoms. The van der Waals surface area contributed by atoms with Crippen molar-refractivity contribution in [2.24, 2.45) is 13.0 Å². The summed E-state index contributed by atoms with van der Waals surface area (Å²) in [7, 11) is -3.77. The highest BCUT2D eigenvalue weighted by Crippen LogP contribution is 2.33. The van der Waals surface area contributed by atoms with Crippen LogP contribution in [0.5, 0.6) is 5.75 Å². The lowest BCUT2D eigenvalue weighted by Crippen LogP contribution is -2.41. The third kappa shape index (κ3) is 4.14. The van der Waals surface area contributed by atoms with Gasteiger partial charge in [0.25, 0.3) is 5.91 Å². The van der Waals surface area contributed by atoms with Crippen molar-refractivity contribution in [3.05, 3.63) is 41.5 Å². The van der Waals surface area contributed by atoms with Gasteiger partial charge in [0.15, 0.2) is 28.9 Å². The summed E-state index contributed by atoms with van der Waals surface area (Å²) in [6.07, 6.45) is 2.49. The van der Waals surface area contributed by atoms with E-state index in [0.29, 0.717) is 12.1 Å². The van der Waals surface area contributed by atoms with Gasteiger partial charge in [-0.2, -0.15) is 0 Å². The normalized spacial score (nSPS) is 23.6. The number of ether oxygens (including phenoxy) is 1. The molecule has 0 aliphatic carbocycles. The van der Waals surface area contributed by atoms with Crippen molar-refractivity contribution in [3.63, 3.8) is 0 Å². The molecule has 1 saturated heterocycles. The Hall–Kier alpha value is -2.42. The average Bonchev–Trinajstić information content (AvgIpc) is 3.23. The fraction of sp³-hybridized carbons (Fsp3) is 0.389. The standard InChI is InChI=1S/C18H19F3N4O5S2/c1-24-7-14-17(16(24)18(26)22-10-3-11(19)15(21)12(20)4-10)30-8-9-5-25(32(2,28)29)6-13(9)23-31(14)27/h3-4,7,9,13,23H,5-6,8H2,1-2H3,(H,22,26). The van der Waals surface area contributed by atoms with E-state index in [0.717, 1.165) is 6.26 Å². The Balaban J connectivity index is 1.62. The Bertz CT molecular complexity index is 1210. The van der Waals surface area contributed by atoms with Gasteiger partial charge < -0.3 is 14.6 Å². The molecule has 9 nitrogen and oxygen atoms in total. The molecule has 2 aliphatic rings. The van der Waals surface area contributed by atoms with E-state index in [1.807, 2.05) is 0 Å². The number of nitrogens with one attached hydrogen (secondary N) is 2. The molecular weight excluding hydrogens is 473 g/mol. The highest BCUT2D eigenvalue weighted by molar-refractivity contribution is 7.88. The van der Waals surface area contributed by atoms with Crippen LogP contribution in [0, 0.1) is 23.4 Å². The van der Waals surface area contributed by atoms with Crippen LogP contribution in [0.3, 0.4) is 0 Å². The van der Waals surface area contributed by atoms with Crippen molar-refractivity contribution in [2.45, 2.75) is 10.9 Å². The first-order valence-corrected chi connectivity index (χ1v) is 12.4. The van der Waals surface area contributed by atoms with Gasteiger partial charge in [0.2, 0.25) is 10.0 Å². The maximum atomic E-state index is 13.5. The van der Waals surface area contributed by atoms with Crippen LogP contribution in [0.1, 0.15) is 10.5 Å². The Labute approximate surface area is 184 Å². The molecule has 1 aromatic heterocycles. The summed E-state index contributed by atoms with van der Waals surface area (Å²) < 4.78 is 88.1. The van der Waals surface area contributed by atoms with Crippen LogP contribution in [-0.4, -0.2) is 59.4 Å². The number of aromatic nitrogens is 1. The number of nitrogens with zero attached hydrogens (tertiary/aromatic N) is 2. The van der Waals surface area contributed by atoms with Crippen LogP contribution in [0.15, 0.2) is 23.2 Å². The molecule has 3 atom stereocenters. The number of carbonyl (C=O) groups excluding carboxylic acids is 1. The maximum absolute atomic E-state index is 13.5. The number of rotatable bonds is 3. The van der Waals surface area contributed by atoms with Crippen molar-refractivity contribution in [1.82, 2.24) is 13.6 Å². The molecule has 2 aromatic rings. The molecule has 3 heterocycles. The van der Waals surface area contributed by atoms with Crippen LogP contribution >= 0.6 is 0 Å². The Morgan fingerprint density at radius 2 is 1.91 bits per heavy atom. The highest BCUT2D eigenvalue weighted by atomic mass is 32.2. The fourth-order valence-corrected chi connectivity index (χ4v) is 5.87. The van der Waals surface area contributed by atoms with Crippen molar-refractivity contribution < 1.29 is 35.3 Å². The lowest BCUT2D eigenvalue weighted by molar-refractivity contribution is 0.101. The third-order valence-electron chi connectivity index (χ3n) is 5.34. The summed E-state index contributed by atoms with van der Waals surface area (Å²) in [6, 6.07) is 0.847. The van der Waals surface area contributed by atoms with Gasteiger partial charge in [0.1, 0.15) is 15.9 Å². The molecule has 0 radical (unpaired) electrons. The summed E-state index contributed by atoms with van der Waals surface area (Å²) in [4.78, 5) is 13.0. The topological polar surface area (TPSA) is 110 Å². The van der Waals surface area contributed by atoms with Crippen LogP contribution in [-0.2, 0) is 28.1 Å². The van der Waals surface area contributed by atoms with Gasteiger partial charge >= 0.3 is 0 Å². The van der Waals surface area contributed by atoms with E-state index < -0.39 is 50.4 Å². The van der Waals surface area contributed by atoms with E-state index in [1.165, 1.54) is 22.1 Å². The number of fused-ring (bicyclic) bond motifs is 2. The zero-order valence-electron chi connectivity index (χ0n) is 16.9. The fourth-order valence-electron chi connectivity index (χ4n) is 3.73. The maximum Gasteiger partial charge on any atom is 0.276 e. The largest absolute Gasteiger partial charge is 0.489 e. The molecular formula is C18H19F3N4O5S2. The van der Waals surface area contributed by atoms with Gasteiger partial charge in [0.05, 0.1) is 12.9 Å². The summed E-state index contributed by atoms with van der Waals surface area (Å²) >= 11 is 0. The van der Waals surface area contributed by atoms with Crippen molar-refractivity contribution >= 4 is 32.6 Å². The molecule has 1 aromatic carbocycles. The summed E-state index contributed by atoms with van der Waals surface area (Å²) in [5, 5.41) is 2.27. The minimum Gasteiger partial charge on any atom is -0.489 e. The van der Waals surface area contributed by atoms with Gasteiger partial charge in [-0.25, -0.2) is 34.8 Å². The van der Waals surface area contributed by atoms with E-state index in [4.69, 9.17) is 4.74 Å². The molecule has 174 valence electrons. The molecule has 1 amide bonds. The number of amides is 1. The lowest BCUT2D eigenvalue weighted by Gasteiger charge is -2.23. The average molecular weight is 493 g/mol. The SMILES string of the molecule is Cn1cc2c(c1C(=O)Nc1cc(F)c(F)c(F)c1)OCC1CN(S(C)(=O)=O)CC1NS2=O. The smallest absolute Gasteiger partial charge is 0.276 e. The zero-order chi connectivity index (χ0) is 23.4. The molecule has 14 heteroatoms. The van der Waals surface area contributed by atoms with E-state index in [-0.39, 0.29) is 47.6 Å². The van der Waals surface area contributed by atoms with Crippen LogP contribution in [0.25, 0.3) is 0 Å². The Morgan fingerprint density at radius 3 is 2.53 bits per heavy atom. The Kier molecular flexibility index (Phi) is 5.81. The number of halogens is 3. The quantitative estimate of drug-likeness (QED) is 0.621. The predicted molar refractivity (Wildman–Crippen MR) is 108 cm³/mol. The number of hydrogen-bond donors (Lipinski definition) is 2. The second-order valence-corrected chi connectivity index (χ2v) is 10.8. The molecule has 1 fully saturated rings. The second-order valence-electron chi connectivity index (χ2n) is 7.63. The molecule has 2 N–H and O–H groups in total. The number of carbonyl (C=O) groups is 1. The van der Waals surface area contributed by atoms with Gasteiger partial charge in [0, 0.05) is 56.1 Å². The number of hydrogen-bond acceptors (Lipinski definition) is 5. The first-order chi connectivity index (χ1) is 15.0. The van der Waals surface area contributed by atoms with Crippen LogP contribution in [0.2, 0.25) is 0 Å². The van der Waals surface area contributed by atoms with Gasteiger partial charge in [-0.3, -0.25) is 4.79 Å². The molecule has 0 saturated carbocycles. The summed E-state index contributed by atoms with van der Waals surface area (Å²) in [6.45, 7) is 0.333. The van der Waals surface area contributed by atoms with E-state index in [2.05, 4.69) is 10.0 Å². The molecule has 4 rings (SSSR count). The van der Waals surface area contributed by atoms with E-state index in [9.17, 15) is 30.6 Å². The summed E-state index contributed by atoms with van der Waals surface area (Å²) in [5.74, 6) is -5.74. The van der Waals surface area contributed by atoms with Crippen molar-refractivity contribution in [1.29, 1.82) is 0 Å². The number of sulfonamides is 1. The summed E-state index contributed by atoms with van der Waals surface area (Å²) in [5.41, 5.74) is -0.386. The molecule has 2 aliphatic heterocycles. The monoisotopic (exact) mass is 492 g/mol. The second kappa shape index (κ2) is 8.17. The molecule has 3 unspecified atom stereocenters. The first kappa shape index (κ1) is 22.8. The van der Waals surface area contributed by atoms with Gasteiger partial charge in [-0.05, 0) is 0 Å². The van der Waals surface area contributed by atoms with Gasteiger partial charge in [-0.15, -0.1) is 0 Å². The number of aryl methyl sites for hydroxylation is 1. The number of anilines is 1. The first-order valence-electron chi connectivity index (χ1n) is 9.36. The van der Waals surface area contributed by atoms with Crippen molar-refractivity contribution in [3.8, 4) is 5.75 Å². The number of benzene rings is 1. The van der Waals surface area contributed by atoms with Crippen LogP contribution < -0.4 is 14.8 Å². The third-order valence-corrected chi connectivity index (χ3v) is 7.78. The zero-order valence-corrected chi connectivity index (χ0v) is 18.5. The van der Waals surface area contributed by atoms with E-state index in [1.54, 1.807) is 0 Å². The highest BCUT2D eigenvalue weighted by Gasteiger charge is 2.41.